The second-order valence-corrected chi connectivity index (χ2v) is 4.43. The molecule has 2 rings (SSSR count). The van der Waals surface area contributed by atoms with E-state index in [4.69, 9.17) is 0 Å². The Bertz CT molecular complexity index is 571. The maximum absolute atomic E-state index is 11.0. The fourth-order valence-electron chi connectivity index (χ4n) is 2.16. The van der Waals surface area contributed by atoms with E-state index in [9.17, 15) is 10.1 Å². The minimum Gasteiger partial charge on any atom is -0.258 e. The predicted molar refractivity (Wildman–Crippen MR) is 71.8 cm³/mol. The lowest BCUT2D eigenvalue weighted by molar-refractivity contribution is -0.385. The average molecular weight is 241 g/mol. The van der Waals surface area contributed by atoms with Crippen LogP contribution in [0.5, 0.6) is 0 Å². The third-order valence-corrected chi connectivity index (χ3v) is 3.20. The first kappa shape index (κ1) is 12.3. The van der Waals surface area contributed by atoms with Crippen LogP contribution < -0.4 is 0 Å². The van der Waals surface area contributed by atoms with Gasteiger partial charge in [0.25, 0.3) is 5.69 Å². The van der Waals surface area contributed by atoms with E-state index in [1.165, 1.54) is 16.7 Å². The van der Waals surface area contributed by atoms with E-state index in [-0.39, 0.29) is 10.6 Å². The Morgan fingerprint density at radius 2 is 1.61 bits per heavy atom. The number of hydrogen-bond donors (Lipinski definition) is 0. The molecule has 0 aliphatic heterocycles. The molecular weight excluding hydrogens is 226 g/mol. The molecule has 2 aromatic carbocycles. The highest BCUT2D eigenvalue weighted by atomic mass is 16.6. The van der Waals surface area contributed by atoms with Gasteiger partial charge in [0.2, 0.25) is 0 Å². The first-order valence-electron chi connectivity index (χ1n) is 5.87. The standard InChI is InChI=1S/C15H15NO2/c1-11-6-5-7-12(2)14(11)10-13-8-3-4-9-15(13)16(17)18/h3-9H,10H2,1-2H3. The van der Waals surface area contributed by atoms with E-state index < -0.39 is 0 Å². The Kier molecular flexibility index (Phi) is 3.42. The number of hydrogen-bond acceptors (Lipinski definition) is 2. The van der Waals surface area contributed by atoms with Gasteiger partial charge < -0.3 is 0 Å². The number of nitro groups is 1. The zero-order chi connectivity index (χ0) is 13.1. The Hall–Kier alpha value is -2.16. The fourth-order valence-corrected chi connectivity index (χ4v) is 2.16. The minimum atomic E-state index is -0.317. The molecule has 0 atom stereocenters. The number of benzene rings is 2. The summed E-state index contributed by atoms with van der Waals surface area (Å²) in [7, 11) is 0. The highest BCUT2D eigenvalue weighted by Crippen LogP contribution is 2.24. The summed E-state index contributed by atoms with van der Waals surface area (Å²) >= 11 is 0. The van der Waals surface area contributed by atoms with Crippen LogP contribution in [-0.4, -0.2) is 4.92 Å². The molecule has 0 N–H and O–H groups in total. The van der Waals surface area contributed by atoms with Crippen molar-refractivity contribution in [3.63, 3.8) is 0 Å². The fraction of sp³-hybridized carbons (Fsp3) is 0.200. The third-order valence-electron chi connectivity index (χ3n) is 3.20. The Morgan fingerprint density at radius 1 is 1.00 bits per heavy atom. The molecule has 0 aliphatic carbocycles. The lowest BCUT2D eigenvalue weighted by Crippen LogP contribution is -1.99. The maximum atomic E-state index is 11.0. The number of nitro benzene ring substituents is 1. The van der Waals surface area contributed by atoms with Crippen molar-refractivity contribution in [1.82, 2.24) is 0 Å². The summed E-state index contributed by atoms with van der Waals surface area (Å²) in [6.45, 7) is 4.08. The van der Waals surface area contributed by atoms with Crippen LogP contribution in [0.2, 0.25) is 0 Å². The lowest BCUT2D eigenvalue weighted by atomic mass is 9.95. The van der Waals surface area contributed by atoms with Crippen LogP contribution in [0.25, 0.3) is 0 Å². The summed E-state index contributed by atoms with van der Waals surface area (Å²) in [5, 5.41) is 11.0. The highest BCUT2D eigenvalue weighted by Gasteiger charge is 2.14. The molecule has 0 spiro atoms. The zero-order valence-corrected chi connectivity index (χ0v) is 10.5. The van der Waals surface area contributed by atoms with E-state index in [2.05, 4.69) is 0 Å². The molecule has 0 saturated heterocycles. The van der Waals surface area contributed by atoms with Gasteiger partial charge in [-0.25, -0.2) is 0 Å². The summed E-state index contributed by atoms with van der Waals surface area (Å²) in [4.78, 5) is 10.7. The van der Waals surface area contributed by atoms with Gasteiger partial charge in [-0.1, -0.05) is 36.4 Å². The van der Waals surface area contributed by atoms with Gasteiger partial charge in [0.05, 0.1) is 4.92 Å². The van der Waals surface area contributed by atoms with Crippen LogP contribution in [0.1, 0.15) is 22.3 Å². The number of rotatable bonds is 3. The quantitative estimate of drug-likeness (QED) is 0.606. The monoisotopic (exact) mass is 241 g/mol. The van der Waals surface area contributed by atoms with E-state index in [0.717, 1.165) is 5.56 Å². The number of para-hydroxylation sites is 1. The van der Waals surface area contributed by atoms with Crippen molar-refractivity contribution in [3.05, 3.63) is 74.8 Å². The van der Waals surface area contributed by atoms with E-state index in [0.29, 0.717) is 6.42 Å². The molecule has 0 saturated carbocycles. The van der Waals surface area contributed by atoms with Crippen LogP contribution in [0.4, 0.5) is 5.69 Å². The van der Waals surface area contributed by atoms with Crippen LogP contribution in [0.3, 0.4) is 0 Å². The van der Waals surface area contributed by atoms with Crippen LogP contribution in [-0.2, 0) is 6.42 Å². The molecule has 0 aromatic heterocycles. The summed E-state index contributed by atoms with van der Waals surface area (Å²) in [5.74, 6) is 0. The second kappa shape index (κ2) is 5.00. The van der Waals surface area contributed by atoms with Gasteiger partial charge in [-0.15, -0.1) is 0 Å². The molecule has 0 bridgehead atoms. The van der Waals surface area contributed by atoms with Gasteiger partial charge in [-0.05, 0) is 30.5 Å². The molecule has 2 aromatic rings. The normalized spacial score (nSPS) is 10.3. The average Bonchev–Trinajstić information content (AvgIpc) is 2.34. The predicted octanol–water partition coefficient (Wildman–Crippen LogP) is 3.80. The van der Waals surface area contributed by atoms with Gasteiger partial charge in [-0.2, -0.15) is 0 Å². The van der Waals surface area contributed by atoms with Crippen molar-refractivity contribution in [3.8, 4) is 0 Å². The molecule has 0 fully saturated rings. The Labute approximate surface area is 106 Å². The van der Waals surface area contributed by atoms with Crippen molar-refractivity contribution in [2.45, 2.75) is 20.3 Å². The van der Waals surface area contributed by atoms with Crippen molar-refractivity contribution in [2.24, 2.45) is 0 Å². The molecular formula is C15H15NO2. The SMILES string of the molecule is Cc1cccc(C)c1Cc1ccccc1[N+](=O)[O-]. The van der Waals surface area contributed by atoms with Crippen LogP contribution in [0, 0.1) is 24.0 Å². The smallest absolute Gasteiger partial charge is 0.258 e. The number of aryl methyl sites for hydroxylation is 2. The topological polar surface area (TPSA) is 43.1 Å². The first-order valence-corrected chi connectivity index (χ1v) is 5.87. The summed E-state index contributed by atoms with van der Waals surface area (Å²) in [6.07, 6.45) is 0.607. The maximum Gasteiger partial charge on any atom is 0.272 e. The highest BCUT2D eigenvalue weighted by molar-refractivity contribution is 5.46. The summed E-state index contributed by atoms with van der Waals surface area (Å²) in [6, 6.07) is 13.0. The van der Waals surface area contributed by atoms with Gasteiger partial charge in [0, 0.05) is 18.1 Å². The molecule has 0 radical (unpaired) electrons. The third kappa shape index (κ3) is 2.40. The van der Waals surface area contributed by atoms with Crippen molar-refractivity contribution in [1.29, 1.82) is 0 Å². The van der Waals surface area contributed by atoms with Gasteiger partial charge >= 0.3 is 0 Å². The van der Waals surface area contributed by atoms with Crippen LogP contribution >= 0.6 is 0 Å². The lowest BCUT2D eigenvalue weighted by Gasteiger charge is -2.09. The summed E-state index contributed by atoms with van der Waals surface area (Å²) in [5.41, 5.74) is 4.48. The molecule has 3 nitrogen and oxygen atoms in total. The minimum absolute atomic E-state index is 0.195. The zero-order valence-electron chi connectivity index (χ0n) is 10.5. The van der Waals surface area contributed by atoms with Gasteiger partial charge in [-0.3, -0.25) is 10.1 Å². The molecule has 92 valence electrons. The molecule has 0 amide bonds. The largest absolute Gasteiger partial charge is 0.272 e. The molecule has 0 heterocycles. The van der Waals surface area contributed by atoms with Crippen molar-refractivity contribution in [2.75, 3.05) is 0 Å². The molecule has 0 aliphatic rings. The summed E-state index contributed by atoms with van der Waals surface area (Å²) < 4.78 is 0. The van der Waals surface area contributed by atoms with E-state index >= 15 is 0 Å². The van der Waals surface area contributed by atoms with Gasteiger partial charge in [0.15, 0.2) is 0 Å². The van der Waals surface area contributed by atoms with Crippen molar-refractivity contribution >= 4 is 5.69 Å². The van der Waals surface area contributed by atoms with Gasteiger partial charge in [0.1, 0.15) is 0 Å². The van der Waals surface area contributed by atoms with Crippen molar-refractivity contribution < 1.29 is 4.92 Å². The first-order chi connectivity index (χ1) is 8.59. The molecule has 18 heavy (non-hydrogen) atoms. The number of nitrogens with zero attached hydrogens (tertiary/aromatic N) is 1. The Morgan fingerprint density at radius 3 is 2.22 bits per heavy atom. The van der Waals surface area contributed by atoms with Crippen LogP contribution in [0.15, 0.2) is 42.5 Å². The molecule has 0 unspecified atom stereocenters. The van der Waals surface area contributed by atoms with E-state index in [1.54, 1.807) is 12.1 Å². The Balaban J connectivity index is 2.43. The van der Waals surface area contributed by atoms with E-state index in [1.807, 2.05) is 44.2 Å². The molecule has 3 heteroatoms. The second-order valence-electron chi connectivity index (χ2n) is 4.43.